The molecule has 1 amide bonds. The van der Waals surface area contributed by atoms with Gasteiger partial charge in [0.05, 0.1) is 17.1 Å². The molecule has 1 rings (SSSR count). The Hall–Kier alpha value is -1.44. The number of amides is 1. The summed E-state index contributed by atoms with van der Waals surface area (Å²) in [6.45, 7) is 1.42. The molecule has 102 valence electrons. The number of thiophene rings is 1. The molecule has 0 radical (unpaired) electrons. The fraction of sp³-hybridized carbons (Fsp3) is 0.500. The van der Waals surface area contributed by atoms with E-state index in [2.05, 4.69) is 10.6 Å². The highest BCUT2D eigenvalue weighted by atomic mass is 32.1. The lowest BCUT2D eigenvalue weighted by atomic mass is 10.2. The lowest BCUT2D eigenvalue weighted by Crippen LogP contribution is -2.23. The summed E-state index contributed by atoms with van der Waals surface area (Å²) in [6, 6.07) is 0.683. The zero-order valence-electron chi connectivity index (χ0n) is 9.89. The maximum Gasteiger partial charge on any atom is 0.391 e. The summed E-state index contributed by atoms with van der Waals surface area (Å²) in [5, 5.41) is 5.53. The van der Waals surface area contributed by atoms with Gasteiger partial charge in [0.25, 0.3) is 5.91 Å². The number of hydrogen-bond acceptors (Lipinski definition) is 4. The number of anilines is 2. The number of carbonyl (C=O) groups excluding carboxylic acids is 1. The van der Waals surface area contributed by atoms with Crippen molar-refractivity contribution < 1.29 is 18.0 Å². The van der Waals surface area contributed by atoms with Crippen molar-refractivity contribution in [1.29, 1.82) is 0 Å². The minimum absolute atomic E-state index is 0.251. The Labute approximate surface area is 106 Å². The van der Waals surface area contributed by atoms with Crippen LogP contribution < -0.4 is 16.4 Å². The van der Waals surface area contributed by atoms with Crippen molar-refractivity contribution >= 4 is 27.9 Å². The van der Waals surface area contributed by atoms with Crippen LogP contribution in [-0.4, -0.2) is 25.2 Å². The van der Waals surface area contributed by atoms with Gasteiger partial charge in [-0.3, -0.25) is 4.79 Å². The Morgan fingerprint density at radius 2 is 2.17 bits per heavy atom. The lowest BCUT2D eigenvalue weighted by molar-refractivity contribution is -0.136. The van der Waals surface area contributed by atoms with Crippen molar-refractivity contribution in [2.45, 2.75) is 25.6 Å². The van der Waals surface area contributed by atoms with E-state index in [1.54, 1.807) is 0 Å². The molecule has 0 aliphatic rings. The van der Waals surface area contributed by atoms with E-state index in [0.29, 0.717) is 9.88 Å². The van der Waals surface area contributed by atoms with Gasteiger partial charge in [0.2, 0.25) is 0 Å². The first-order valence-electron chi connectivity index (χ1n) is 5.17. The van der Waals surface area contributed by atoms with E-state index in [9.17, 15) is 18.0 Å². The van der Waals surface area contributed by atoms with Crippen LogP contribution in [0.2, 0.25) is 0 Å². The van der Waals surface area contributed by atoms with E-state index in [1.165, 1.54) is 20.0 Å². The molecule has 1 aromatic heterocycles. The Bertz CT molecular complexity index is 430. The highest BCUT2D eigenvalue weighted by molar-refractivity contribution is 7.18. The smallest absolute Gasteiger partial charge is 0.391 e. The number of nitrogens with two attached hydrogens (primary N) is 1. The fourth-order valence-corrected chi connectivity index (χ4v) is 2.45. The standard InChI is InChI=1S/C10H14F3N3OS/c1-5(4-10(11,12)13)16-7-3-6(14)8(18-7)9(17)15-2/h3,5,16H,4,14H2,1-2H3,(H,15,17). The number of nitrogens with one attached hydrogen (secondary N) is 2. The summed E-state index contributed by atoms with van der Waals surface area (Å²) in [7, 11) is 1.46. The van der Waals surface area contributed by atoms with Crippen molar-refractivity contribution in [1.82, 2.24) is 5.32 Å². The van der Waals surface area contributed by atoms with Crippen LogP contribution in [0.25, 0.3) is 0 Å². The molecule has 1 unspecified atom stereocenters. The minimum atomic E-state index is -4.22. The second-order valence-corrected chi connectivity index (χ2v) is 4.89. The third kappa shape index (κ3) is 4.10. The molecule has 4 nitrogen and oxygen atoms in total. The Morgan fingerprint density at radius 3 is 2.67 bits per heavy atom. The van der Waals surface area contributed by atoms with Gasteiger partial charge in [0, 0.05) is 13.1 Å². The Kier molecular flexibility index (Phi) is 4.44. The molecule has 0 fully saturated rings. The Morgan fingerprint density at radius 1 is 1.56 bits per heavy atom. The van der Waals surface area contributed by atoms with Crippen LogP contribution in [0.3, 0.4) is 0 Å². The molecule has 18 heavy (non-hydrogen) atoms. The molecule has 0 aliphatic carbocycles. The zero-order valence-corrected chi connectivity index (χ0v) is 10.7. The topological polar surface area (TPSA) is 67.2 Å². The number of halogens is 3. The van der Waals surface area contributed by atoms with Crippen molar-refractivity contribution in [3.63, 3.8) is 0 Å². The number of nitrogen functional groups attached to an aromatic ring is 1. The van der Waals surface area contributed by atoms with Gasteiger partial charge in [-0.2, -0.15) is 13.2 Å². The molecule has 0 spiro atoms. The lowest BCUT2D eigenvalue weighted by Gasteiger charge is -2.15. The first-order valence-corrected chi connectivity index (χ1v) is 5.99. The van der Waals surface area contributed by atoms with E-state index >= 15 is 0 Å². The van der Waals surface area contributed by atoms with Crippen molar-refractivity contribution in [3.05, 3.63) is 10.9 Å². The molecule has 1 heterocycles. The molecular formula is C10H14F3N3OS. The van der Waals surface area contributed by atoms with Gasteiger partial charge in [-0.25, -0.2) is 0 Å². The highest BCUT2D eigenvalue weighted by Crippen LogP contribution is 2.31. The van der Waals surface area contributed by atoms with Gasteiger partial charge < -0.3 is 16.4 Å². The second kappa shape index (κ2) is 5.47. The number of carbonyl (C=O) groups is 1. The largest absolute Gasteiger partial charge is 0.397 e. The SMILES string of the molecule is CNC(=O)c1sc(NC(C)CC(F)(F)F)cc1N. The van der Waals surface area contributed by atoms with Crippen LogP contribution in [0.5, 0.6) is 0 Å². The summed E-state index contributed by atoms with van der Waals surface area (Å²) < 4.78 is 36.5. The van der Waals surface area contributed by atoms with Gasteiger partial charge in [-0.1, -0.05) is 0 Å². The third-order valence-corrected chi connectivity index (χ3v) is 3.20. The van der Waals surface area contributed by atoms with Crippen molar-refractivity contribution in [2.24, 2.45) is 0 Å². The minimum Gasteiger partial charge on any atom is -0.397 e. The van der Waals surface area contributed by atoms with E-state index < -0.39 is 18.6 Å². The number of hydrogen-bond donors (Lipinski definition) is 3. The van der Waals surface area contributed by atoms with E-state index in [-0.39, 0.29) is 11.6 Å². The summed E-state index contributed by atoms with van der Waals surface area (Å²) in [5.41, 5.74) is 5.86. The van der Waals surface area contributed by atoms with Gasteiger partial charge >= 0.3 is 6.18 Å². The van der Waals surface area contributed by atoms with Gasteiger partial charge in [0.1, 0.15) is 4.88 Å². The van der Waals surface area contributed by atoms with Crippen molar-refractivity contribution in [2.75, 3.05) is 18.1 Å². The van der Waals surface area contributed by atoms with Crippen LogP contribution in [0.15, 0.2) is 6.07 Å². The normalized spacial score (nSPS) is 13.2. The maximum absolute atomic E-state index is 12.2. The Balaban J connectivity index is 2.72. The predicted octanol–water partition coefficient (Wildman–Crippen LogP) is 2.44. The molecular weight excluding hydrogens is 267 g/mol. The van der Waals surface area contributed by atoms with Crippen LogP contribution in [-0.2, 0) is 0 Å². The molecule has 4 N–H and O–H groups in total. The van der Waals surface area contributed by atoms with Crippen LogP contribution >= 0.6 is 11.3 Å². The maximum atomic E-state index is 12.2. The monoisotopic (exact) mass is 281 g/mol. The first kappa shape index (κ1) is 14.6. The first-order chi connectivity index (χ1) is 8.23. The van der Waals surface area contributed by atoms with E-state index in [4.69, 9.17) is 5.73 Å². The summed E-state index contributed by atoms with van der Waals surface area (Å²) in [4.78, 5) is 11.7. The van der Waals surface area contributed by atoms with E-state index in [1.807, 2.05) is 0 Å². The quantitative estimate of drug-likeness (QED) is 0.794. The molecule has 0 bridgehead atoms. The molecule has 0 saturated heterocycles. The summed E-state index contributed by atoms with van der Waals surface area (Å²) >= 11 is 1.03. The van der Waals surface area contributed by atoms with Gasteiger partial charge in [-0.15, -0.1) is 11.3 Å². The zero-order chi connectivity index (χ0) is 13.9. The summed E-state index contributed by atoms with van der Waals surface area (Å²) in [5.74, 6) is -0.353. The molecule has 0 aromatic carbocycles. The van der Waals surface area contributed by atoms with Gasteiger partial charge in [0.15, 0.2) is 0 Å². The number of rotatable bonds is 4. The highest BCUT2D eigenvalue weighted by Gasteiger charge is 2.30. The average Bonchev–Trinajstić information content (AvgIpc) is 2.55. The fourth-order valence-electron chi connectivity index (χ4n) is 1.41. The molecule has 8 heteroatoms. The average molecular weight is 281 g/mol. The van der Waals surface area contributed by atoms with E-state index in [0.717, 1.165) is 11.3 Å². The number of alkyl halides is 3. The molecule has 0 aliphatic heterocycles. The van der Waals surface area contributed by atoms with Crippen LogP contribution in [0.1, 0.15) is 23.0 Å². The van der Waals surface area contributed by atoms with Crippen LogP contribution in [0.4, 0.5) is 23.9 Å². The second-order valence-electron chi connectivity index (χ2n) is 3.84. The van der Waals surface area contributed by atoms with Gasteiger partial charge in [-0.05, 0) is 13.0 Å². The predicted molar refractivity (Wildman–Crippen MR) is 65.9 cm³/mol. The summed E-state index contributed by atoms with van der Waals surface area (Å²) in [6.07, 6.45) is -5.17. The van der Waals surface area contributed by atoms with Crippen LogP contribution in [0, 0.1) is 0 Å². The molecule has 0 saturated carbocycles. The third-order valence-electron chi connectivity index (χ3n) is 2.12. The molecule has 1 aromatic rings. The molecule has 1 atom stereocenters. The van der Waals surface area contributed by atoms with Crippen molar-refractivity contribution in [3.8, 4) is 0 Å².